The number of hydrogen-bond acceptors (Lipinski definition) is 5. The summed E-state index contributed by atoms with van der Waals surface area (Å²) in [5.74, 6) is -2.17. The van der Waals surface area contributed by atoms with Gasteiger partial charge in [0.15, 0.2) is 0 Å². The highest BCUT2D eigenvalue weighted by Gasteiger charge is 2.50. The van der Waals surface area contributed by atoms with E-state index in [0.717, 1.165) is 39.0 Å². The lowest BCUT2D eigenvalue weighted by Crippen LogP contribution is -2.66. The smallest absolute Gasteiger partial charge is 0.317 e. The Morgan fingerprint density at radius 3 is 2.40 bits per heavy atom. The molecule has 2 aliphatic heterocycles. The lowest BCUT2D eigenvalue weighted by molar-refractivity contribution is -0.0973. The maximum atomic E-state index is 15.1. The number of carbonyl (C=O) groups is 1. The van der Waals surface area contributed by atoms with Crippen LogP contribution in [0, 0.1) is 0 Å². The zero-order valence-corrected chi connectivity index (χ0v) is 22.3. The van der Waals surface area contributed by atoms with Gasteiger partial charge in [0.2, 0.25) is 0 Å². The minimum absolute atomic E-state index is 0.0397. The summed E-state index contributed by atoms with van der Waals surface area (Å²) in [5, 5.41) is 3.99. The molecule has 1 N–H and O–H groups in total. The van der Waals surface area contributed by atoms with Crippen LogP contribution in [0.5, 0.6) is 0 Å². The van der Waals surface area contributed by atoms with Gasteiger partial charge in [0.25, 0.3) is 5.92 Å². The van der Waals surface area contributed by atoms with Crippen LogP contribution in [0.25, 0.3) is 0 Å². The quantitative estimate of drug-likeness (QED) is 0.627. The summed E-state index contributed by atoms with van der Waals surface area (Å²) < 4.78 is 30.3. The normalized spacial score (nSPS) is 29.9. The number of urea groups is 1. The minimum Gasteiger partial charge on any atom is -0.328 e. The second-order valence-electron chi connectivity index (χ2n) is 11.7. The van der Waals surface area contributed by atoms with Gasteiger partial charge in [0.05, 0.1) is 5.01 Å². The average molecular weight is 510 g/mol. The first-order chi connectivity index (χ1) is 16.7. The Labute approximate surface area is 212 Å². The second-order valence-corrected chi connectivity index (χ2v) is 12.8. The molecule has 2 amide bonds. The Bertz CT molecular complexity index is 888. The van der Waals surface area contributed by atoms with Crippen molar-refractivity contribution in [2.75, 3.05) is 39.3 Å². The zero-order chi connectivity index (χ0) is 24.8. The van der Waals surface area contributed by atoms with Crippen molar-refractivity contribution in [1.82, 2.24) is 25.0 Å². The van der Waals surface area contributed by atoms with E-state index in [1.807, 2.05) is 17.5 Å². The zero-order valence-electron chi connectivity index (χ0n) is 21.4. The van der Waals surface area contributed by atoms with E-state index in [-0.39, 0.29) is 23.9 Å². The van der Waals surface area contributed by atoms with Crippen LogP contribution in [-0.4, -0.2) is 89.0 Å². The number of likely N-dealkylation sites (tertiary alicyclic amines) is 1. The van der Waals surface area contributed by atoms with Crippen molar-refractivity contribution in [2.45, 2.75) is 101 Å². The first-order valence-electron chi connectivity index (χ1n) is 13.5. The number of piperazine rings is 1. The van der Waals surface area contributed by atoms with E-state index in [2.05, 4.69) is 35.9 Å². The van der Waals surface area contributed by atoms with Crippen LogP contribution in [0.3, 0.4) is 0 Å². The van der Waals surface area contributed by atoms with E-state index >= 15 is 8.78 Å². The van der Waals surface area contributed by atoms with Crippen molar-refractivity contribution in [3.63, 3.8) is 0 Å². The van der Waals surface area contributed by atoms with Gasteiger partial charge in [-0.15, -0.1) is 11.3 Å². The number of thiazole rings is 1. The van der Waals surface area contributed by atoms with Gasteiger partial charge in [-0.1, -0.05) is 6.92 Å². The van der Waals surface area contributed by atoms with Crippen LogP contribution in [-0.2, 0) is 5.41 Å². The third kappa shape index (κ3) is 5.37. The number of aromatic nitrogens is 1. The molecule has 2 atom stereocenters. The Balaban J connectivity index is 1.20. The molecule has 0 radical (unpaired) electrons. The topological polar surface area (TPSA) is 51.7 Å². The molecule has 2 aliphatic carbocycles. The highest BCUT2D eigenvalue weighted by molar-refractivity contribution is 7.11. The van der Waals surface area contributed by atoms with Crippen LogP contribution in [0.2, 0.25) is 0 Å². The third-order valence-corrected chi connectivity index (χ3v) is 10.3. The lowest BCUT2D eigenvalue weighted by atomic mass is 9.81. The molecule has 4 fully saturated rings. The highest BCUT2D eigenvalue weighted by atomic mass is 32.1. The van der Waals surface area contributed by atoms with E-state index in [0.29, 0.717) is 37.9 Å². The molecule has 3 heterocycles. The molecule has 196 valence electrons. The van der Waals surface area contributed by atoms with Crippen molar-refractivity contribution in [3.8, 4) is 0 Å². The molecule has 1 aromatic rings. The van der Waals surface area contributed by atoms with Crippen molar-refractivity contribution < 1.29 is 13.6 Å². The van der Waals surface area contributed by atoms with E-state index < -0.39 is 12.0 Å². The fourth-order valence-electron chi connectivity index (χ4n) is 6.09. The summed E-state index contributed by atoms with van der Waals surface area (Å²) >= 11 is 1.83. The van der Waals surface area contributed by atoms with Gasteiger partial charge in [0.1, 0.15) is 6.04 Å². The largest absolute Gasteiger partial charge is 0.328 e. The summed E-state index contributed by atoms with van der Waals surface area (Å²) in [5.41, 5.74) is -0.0397. The maximum absolute atomic E-state index is 15.1. The number of alkyl halides is 2. The van der Waals surface area contributed by atoms with Gasteiger partial charge < -0.3 is 10.2 Å². The van der Waals surface area contributed by atoms with E-state index in [4.69, 9.17) is 4.98 Å². The highest BCUT2D eigenvalue weighted by Crippen LogP contribution is 2.46. The summed E-state index contributed by atoms with van der Waals surface area (Å²) in [6.45, 7) is 11.1. The van der Waals surface area contributed by atoms with Crippen LogP contribution < -0.4 is 5.32 Å². The molecule has 1 aromatic heterocycles. The number of halogens is 2. The number of hydrogen-bond donors (Lipinski definition) is 1. The van der Waals surface area contributed by atoms with Gasteiger partial charge in [-0.2, -0.15) is 0 Å². The van der Waals surface area contributed by atoms with Gasteiger partial charge in [-0.05, 0) is 58.3 Å². The molecule has 35 heavy (non-hydrogen) atoms. The lowest BCUT2D eigenvalue weighted by Gasteiger charge is -2.48. The summed E-state index contributed by atoms with van der Waals surface area (Å²) in [7, 11) is 0. The number of piperidine rings is 1. The Morgan fingerprint density at radius 2 is 1.77 bits per heavy atom. The van der Waals surface area contributed by atoms with Gasteiger partial charge in [-0.25, -0.2) is 18.6 Å². The average Bonchev–Trinajstić information content (AvgIpc) is 3.56. The first-order valence-corrected chi connectivity index (χ1v) is 14.4. The SMILES string of the molecule is CC(C)N1CCN([C@H]2CCCC(F)(F)[C@@H]2NC(=O)N2CCC(C)(c3ncc(C4CC4)s3)CC2)CC1. The van der Waals surface area contributed by atoms with Crippen LogP contribution >= 0.6 is 11.3 Å². The molecule has 5 rings (SSSR count). The van der Waals surface area contributed by atoms with Crippen LogP contribution in [0.4, 0.5) is 13.6 Å². The van der Waals surface area contributed by atoms with Gasteiger partial charge in [-0.3, -0.25) is 9.80 Å². The molecule has 0 aromatic carbocycles. The molecule has 4 aliphatic rings. The predicted molar refractivity (Wildman–Crippen MR) is 135 cm³/mol. The minimum atomic E-state index is -2.88. The predicted octanol–water partition coefficient (Wildman–Crippen LogP) is 4.67. The fraction of sp³-hybridized carbons (Fsp3) is 0.846. The molecule has 2 saturated heterocycles. The standard InChI is InChI=1S/C26H41F2N5OS/c1-18(2)31-13-15-32(16-14-31)20-5-4-8-26(27,28)22(20)30-24(34)33-11-9-25(3,10-12-33)23-29-17-21(35-23)19-6-7-19/h17-20,22H,4-16H2,1-3H3,(H,30,34)/t20-,22+/m0/s1. The fourth-order valence-corrected chi connectivity index (χ4v) is 7.38. The molecule has 2 saturated carbocycles. The molecule has 6 nitrogen and oxygen atoms in total. The summed E-state index contributed by atoms with van der Waals surface area (Å²) in [6, 6.07) is -1.29. The Kier molecular flexibility index (Phi) is 7.14. The third-order valence-electron chi connectivity index (χ3n) is 8.85. The van der Waals surface area contributed by atoms with E-state index in [9.17, 15) is 4.79 Å². The maximum Gasteiger partial charge on any atom is 0.317 e. The number of amides is 2. The first kappa shape index (κ1) is 25.3. The van der Waals surface area contributed by atoms with Crippen molar-refractivity contribution >= 4 is 17.4 Å². The number of nitrogens with one attached hydrogen (secondary N) is 1. The van der Waals surface area contributed by atoms with Crippen LogP contribution in [0.15, 0.2) is 6.20 Å². The van der Waals surface area contributed by atoms with Crippen molar-refractivity contribution in [2.24, 2.45) is 0 Å². The molecule has 9 heteroatoms. The summed E-state index contributed by atoms with van der Waals surface area (Å²) in [4.78, 5) is 25.7. The molecular formula is C26H41F2N5OS. The van der Waals surface area contributed by atoms with Gasteiger partial charge in [0, 0.05) is 74.3 Å². The van der Waals surface area contributed by atoms with Gasteiger partial charge >= 0.3 is 6.03 Å². The van der Waals surface area contributed by atoms with Crippen molar-refractivity contribution in [3.05, 3.63) is 16.1 Å². The number of carbonyl (C=O) groups excluding carboxylic acids is 1. The number of rotatable bonds is 5. The Hall–Kier alpha value is -1.32. The molecular weight excluding hydrogens is 468 g/mol. The molecule has 0 spiro atoms. The van der Waals surface area contributed by atoms with E-state index in [1.54, 1.807) is 4.90 Å². The van der Waals surface area contributed by atoms with E-state index in [1.165, 1.54) is 22.7 Å². The second kappa shape index (κ2) is 9.86. The van der Waals surface area contributed by atoms with Crippen LogP contribution in [0.1, 0.15) is 81.5 Å². The van der Waals surface area contributed by atoms with Crippen molar-refractivity contribution in [1.29, 1.82) is 0 Å². The molecule has 0 unspecified atom stereocenters. The Morgan fingerprint density at radius 1 is 1.09 bits per heavy atom. The monoisotopic (exact) mass is 509 g/mol. The summed E-state index contributed by atoms with van der Waals surface area (Å²) in [6.07, 6.45) is 7.29. The molecule has 0 bridgehead atoms. The number of nitrogens with zero attached hydrogens (tertiary/aromatic N) is 4.